The van der Waals surface area contributed by atoms with Gasteiger partial charge in [0, 0.05) is 17.3 Å². The summed E-state index contributed by atoms with van der Waals surface area (Å²) in [6.45, 7) is 5.90. The first kappa shape index (κ1) is 24.7. The molecule has 11 heteroatoms. The number of aliphatic hydroxyl groups is 1. The highest BCUT2D eigenvalue weighted by Crippen LogP contribution is 2.39. The monoisotopic (exact) mass is 511 g/mol. The topological polar surface area (TPSA) is 127 Å². The molecule has 0 saturated carbocycles. The lowest BCUT2D eigenvalue weighted by Gasteiger charge is -2.19. The lowest BCUT2D eigenvalue weighted by atomic mass is 9.87. The second kappa shape index (κ2) is 10.1. The fraction of sp³-hybridized carbons (Fsp3) is 0.250. The summed E-state index contributed by atoms with van der Waals surface area (Å²) in [6.07, 6.45) is 3.07. The molecule has 3 heterocycles. The smallest absolute Gasteiger partial charge is 0.263 e. The third kappa shape index (κ3) is 5.64. The van der Waals surface area contributed by atoms with Crippen LogP contribution in [0.4, 0.5) is 5.82 Å². The van der Waals surface area contributed by atoms with Crippen molar-refractivity contribution in [3.8, 4) is 28.0 Å². The van der Waals surface area contributed by atoms with Gasteiger partial charge in [-0.1, -0.05) is 39.0 Å². The van der Waals surface area contributed by atoms with E-state index in [-0.39, 0.29) is 46.9 Å². The van der Waals surface area contributed by atoms with Crippen LogP contribution in [0.1, 0.15) is 26.3 Å². The second-order valence-electron chi connectivity index (χ2n) is 8.58. The van der Waals surface area contributed by atoms with Crippen molar-refractivity contribution in [3.05, 3.63) is 65.8 Å². The van der Waals surface area contributed by atoms with Gasteiger partial charge < -0.3 is 9.84 Å². The molecule has 1 aromatic carbocycles. The molecule has 0 aliphatic carbocycles. The number of nitrogens with one attached hydrogen (secondary N) is 1. The van der Waals surface area contributed by atoms with Crippen LogP contribution < -0.4 is 9.46 Å². The normalized spacial score (nSPS) is 11.9. The zero-order valence-electron chi connectivity index (χ0n) is 19.5. The maximum absolute atomic E-state index is 13.4. The summed E-state index contributed by atoms with van der Waals surface area (Å²) in [6, 6.07) is 12.0. The number of rotatable bonds is 8. The maximum atomic E-state index is 13.4. The summed E-state index contributed by atoms with van der Waals surface area (Å²) in [4.78, 5) is 18.1. The van der Waals surface area contributed by atoms with Crippen molar-refractivity contribution in [1.82, 2.24) is 19.9 Å². The number of aromatic nitrogens is 4. The Morgan fingerprint density at radius 3 is 2.31 bits per heavy atom. The fourth-order valence-electron chi connectivity index (χ4n) is 3.24. The SMILES string of the molecule is CC(C)(C)c1ccc(S(=O)(=O)Nc2nc(-c3ncccn3)nc(OCCO)c2-c2cccs2)cc1. The van der Waals surface area contributed by atoms with Gasteiger partial charge in [-0.15, -0.1) is 11.3 Å². The van der Waals surface area contributed by atoms with E-state index in [1.807, 2.05) is 17.5 Å². The van der Waals surface area contributed by atoms with Crippen molar-refractivity contribution < 1.29 is 18.3 Å². The van der Waals surface area contributed by atoms with Crippen LogP contribution in [-0.4, -0.2) is 46.7 Å². The van der Waals surface area contributed by atoms with Crippen molar-refractivity contribution in [3.63, 3.8) is 0 Å². The molecular formula is C24H25N5O4S2. The molecule has 0 bridgehead atoms. The van der Waals surface area contributed by atoms with Crippen molar-refractivity contribution in [1.29, 1.82) is 0 Å². The van der Waals surface area contributed by atoms with Crippen LogP contribution in [0.25, 0.3) is 22.1 Å². The minimum atomic E-state index is -4.01. The van der Waals surface area contributed by atoms with E-state index in [1.165, 1.54) is 23.7 Å². The number of aliphatic hydroxyl groups excluding tert-OH is 1. The van der Waals surface area contributed by atoms with Crippen LogP contribution >= 0.6 is 11.3 Å². The molecule has 0 aliphatic heterocycles. The van der Waals surface area contributed by atoms with Gasteiger partial charge in [-0.25, -0.2) is 23.4 Å². The summed E-state index contributed by atoms with van der Waals surface area (Å²) in [5, 5.41) is 11.2. The van der Waals surface area contributed by atoms with Crippen molar-refractivity contribution in [2.45, 2.75) is 31.1 Å². The molecule has 9 nitrogen and oxygen atoms in total. The standard InChI is InChI=1S/C24H25N5O4S2/c1-24(2,3)16-7-9-17(10-8-16)35(31,32)29-20-19(18-6-4-15-34-18)23(33-14-13-30)28-22(27-20)21-25-11-5-12-26-21/h4-12,15,30H,13-14H2,1-3H3,(H,27,28,29). The lowest BCUT2D eigenvalue weighted by molar-refractivity contribution is 0.197. The zero-order chi connectivity index (χ0) is 25.1. The molecule has 3 aromatic heterocycles. The zero-order valence-corrected chi connectivity index (χ0v) is 21.1. The Morgan fingerprint density at radius 2 is 1.71 bits per heavy atom. The molecule has 0 spiro atoms. The van der Waals surface area contributed by atoms with Crippen LogP contribution in [0.15, 0.2) is 65.1 Å². The largest absolute Gasteiger partial charge is 0.475 e. The van der Waals surface area contributed by atoms with Crippen molar-refractivity contribution >= 4 is 27.2 Å². The van der Waals surface area contributed by atoms with E-state index in [2.05, 4.69) is 45.4 Å². The van der Waals surface area contributed by atoms with Crippen molar-refractivity contribution in [2.24, 2.45) is 0 Å². The van der Waals surface area contributed by atoms with Gasteiger partial charge in [0.25, 0.3) is 10.0 Å². The van der Waals surface area contributed by atoms with Gasteiger partial charge in [0.2, 0.25) is 11.7 Å². The third-order valence-corrected chi connectivity index (χ3v) is 7.24. The predicted molar refractivity (Wildman–Crippen MR) is 135 cm³/mol. The van der Waals surface area contributed by atoms with Gasteiger partial charge in [0.1, 0.15) is 6.61 Å². The number of benzene rings is 1. The van der Waals surface area contributed by atoms with Crippen molar-refractivity contribution in [2.75, 3.05) is 17.9 Å². The average molecular weight is 512 g/mol. The summed E-state index contributed by atoms with van der Waals surface area (Å²) >= 11 is 1.38. The second-order valence-corrected chi connectivity index (χ2v) is 11.2. The first-order valence-electron chi connectivity index (χ1n) is 10.8. The van der Waals surface area contributed by atoms with E-state index in [4.69, 9.17) is 4.74 Å². The molecule has 0 unspecified atom stereocenters. The highest BCUT2D eigenvalue weighted by atomic mass is 32.2. The van der Waals surface area contributed by atoms with Crippen LogP contribution in [-0.2, 0) is 15.4 Å². The number of sulfonamides is 1. The lowest BCUT2D eigenvalue weighted by Crippen LogP contribution is -2.17. The Labute approximate surface area is 208 Å². The molecule has 4 rings (SSSR count). The summed E-state index contributed by atoms with van der Waals surface area (Å²) < 4.78 is 35.1. The first-order valence-corrected chi connectivity index (χ1v) is 13.2. The quantitative estimate of drug-likeness (QED) is 0.361. The number of hydrogen-bond acceptors (Lipinski definition) is 9. The predicted octanol–water partition coefficient (Wildman–Crippen LogP) is 4.13. The molecule has 0 aliphatic rings. The highest BCUT2D eigenvalue weighted by molar-refractivity contribution is 7.92. The van der Waals surface area contributed by atoms with E-state index >= 15 is 0 Å². The Hall–Kier alpha value is -3.41. The number of nitrogens with zero attached hydrogens (tertiary/aromatic N) is 4. The first-order chi connectivity index (χ1) is 16.7. The van der Waals surface area contributed by atoms with Crippen LogP contribution in [0, 0.1) is 0 Å². The van der Waals surface area contributed by atoms with Crippen LogP contribution in [0.2, 0.25) is 0 Å². The van der Waals surface area contributed by atoms with E-state index < -0.39 is 10.0 Å². The van der Waals surface area contributed by atoms with Crippen LogP contribution in [0.5, 0.6) is 5.88 Å². The van der Waals surface area contributed by atoms with Gasteiger partial charge in [-0.3, -0.25) is 4.72 Å². The van der Waals surface area contributed by atoms with Gasteiger partial charge in [-0.2, -0.15) is 4.98 Å². The molecule has 0 radical (unpaired) electrons. The molecular weight excluding hydrogens is 486 g/mol. The van der Waals surface area contributed by atoms with E-state index in [1.54, 1.807) is 30.3 Å². The minimum Gasteiger partial charge on any atom is -0.475 e. The molecule has 0 atom stereocenters. The molecule has 4 aromatic rings. The summed E-state index contributed by atoms with van der Waals surface area (Å²) in [7, 11) is -4.01. The Balaban J connectivity index is 1.84. The third-order valence-electron chi connectivity index (χ3n) is 5.00. The summed E-state index contributed by atoms with van der Waals surface area (Å²) in [5.74, 6) is 0.422. The summed E-state index contributed by atoms with van der Waals surface area (Å²) in [5.41, 5.74) is 1.27. The molecule has 0 saturated heterocycles. The van der Waals surface area contributed by atoms with Gasteiger partial charge in [-0.05, 0) is 40.6 Å². The maximum Gasteiger partial charge on any atom is 0.263 e. The number of ether oxygens (including phenoxy) is 1. The minimum absolute atomic E-state index is 0.0257. The molecule has 0 fully saturated rings. The highest BCUT2D eigenvalue weighted by Gasteiger charge is 2.25. The Morgan fingerprint density at radius 1 is 1.00 bits per heavy atom. The van der Waals surface area contributed by atoms with E-state index in [0.29, 0.717) is 10.4 Å². The fourth-order valence-corrected chi connectivity index (χ4v) is 5.02. The molecule has 35 heavy (non-hydrogen) atoms. The number of thiophene rings is 1. The molecule has 0 amide bonds. The van der Waals surface area contributed by atoms with Gasteiger partial charge in [0.05, 0.1) is 17.1 Å². The number of anilines is 1. The Kier molecular flexibility index (Phi) is 7.10. The number of hydrogen-bond donors (Lipinski definition) is 2. The average Bonchev–Trinajstić information content (AvgIpc) is 3.37. The van der Waals surface area contributed by atoms with E-state index in [9.17, 15) is 13.5 Å². The van der Waals surface area contributed by atoms with E-state index in [0.717, 1.165) is 5.56 Å². The van der Waals surface area contributed by atoms with Gasteiger partial charge in [0.15, 0.2) is 11.6 Å². The van der Waals surface area contributed by atoms with Crippen LogP contribution in [0.3, 0.4) is 0 Å². The Bertz CT molecular complexity index is 1390. The molecule has 182 valence electrons. The van der Waals surface area contributed by atoms with Gasteiger partial charge >= 0.3 is 0 Å². The molecule has 2 N–H and O–H groups in total.